The number of sulfonamides is 1. The van der Waals surface area contributed by atoms with Gasteiger partial charge in [-0.2, -0.15) is 0 Å². The van der Waals surface area contributed by atoms with Gasteiger partial charge in [-0.25, -0.2) is 8.42 Å². The van der Waals surface area contributed by atoms with Crippen LogP contribution in [-0.4, -0.2) is 57.6 Å². The smallest absolute Gasteiger partial charge is 0.244 e. The number of hydrogen-bond acceptors (Lipinski definition) is 5. The maximum absolute atomic E-state index is 13.4. The Morgan fingerprint density at radius 2 is 1.79 bits per heavy atom. The van der Waals surface area contributed by atoms with Crippen molar-refractivity contribution in [2.45, 2.75) is 39.8 Å². The zero-order chi connectivity index (χ0) is 24.6. The minimum absolute atomic E-state index is 0.176. The zero-order valence-corrected chi connectivity index (χ0v) is 20.7. The second kappa shape index (κ2) is 11.7. The molecule has 0 aliphatic carbocycles. The molecule has 0 radical (unpaired) electrons. The van der Waals surface area contributed by atoms with Crippen molar-refractivity contribution in [2.24, 2.45) is 0 Å². The van der Waals surface area contributed by atoms with Gasteiger partial charge < -0.3 is 15.0 Å². The van der Waals surface area contributed by atoms with E-state index in [1.54, 1.807) is 31.2 Å². The van der Waals surface area contributed by atoms with E-state index in [0.29, 0.717) is 18.0 Å². The van der Waals surface area contributed by atoms with Crippen molar-refractivity contribution in [3.8, 4) is 5.75 Å². The molecule has 33 heavy (non-hydrogen) atoms. The van der Waals surface area contributed by atoms with Gasteiger partial charge in [0.25, 0.3) is 0 Å². The van der Waals surface area contributed by atoms with Crippen LogP contribution in [0.15, 0.2) is 48.5 Å². The lowest BCUT2D eigenvalue weighted by atomic mass is 10.1. The second-order valence-corrected chi connectivity index (χ2v) is 9.85. The van der Waals surface area contributed by atoms with Crippen LogP contribution >= 0.6 is 0 Å². The van der Waals surface area contributed by atoms with Crippen LogP contribution in [-0.2, 0) is 26.2 Å². The minimum atomic E-state index is -3.78. The Morgan fingerprint density at radius 1 is 1.12 bits per heavy atom. The van der Waals surface area contributed by atoms with Crippen molar-refractivity contribution in [1.82, 2.24) is 10.2 Å². The standard InChI is InChI=1S/C24H33N3O5S/c1-6-14-25-24(29)19(3)26(16-20-12-10-18(2)11-13-20)23(28)17-27(33(5,30)31)21-8-7-9-22(15-21)32-4/h7-13,15,19H,6,14,16-17H2,1-5H3,(H,25,29)/t19-/m1/s1. The average Bonchev–Trinajstić information content (AvgIpc) is 2.79. The van der Waals surface area contributed by atoms with Gasteiger partial charge in [0.15, 0.2) is 0 Å². The van der Waals surface area contributed by atoms with Gasteiger partial charge in [-0.3, -0.25) is 13.9 Å². The number of nitrogens with zero attached hydrogens (tertiary/aromatic N) is 2. The van der Waals surface area contributed by atoms with Gasteiger partial charge >= 0.3 is 0 Å². The first kappa shape index (κ1) is 26.2. The molecule has 0 aliphatic heterocycles. The number of ether oxygens (including phenoxy) is 1. The van der Waals surface area contributed by atoms with Gasteiger partial charge in [-0.1, -0.05) is 42.8 Å². The number of hydrogen-bond donors (Lipinski definition) is 1. The number of carbonyl (C=O) groups is 2. The number of methoxy groups -OCH3 is 1. The molecule has 0 unspecified atom stereocenters. The lowest BCUT2D eigenvalue weighted by molar-refractivity contribution is -0.139. The van der Waals surface area contributed by atoms with Gasteiger partial charge in [-0.05, 0) is 38.0 Å². The predicted octanol–water partition coefficient (Wildman–Crippen LogP) is 2.71. The van der Waals surface area contributed by atoms with E-state index in [4.69, 9.17) is 4.74 Å². The largest absolute Gasteiger partial charge is 0.497 e. The molecule has 9 heteroatoms. The first-order valence-corrected chi connectivity index (χ1v) is 12.7. The molecule has 1 N–H and O–H groups in total. The third kappa shape index (κ3) is 7.49. The summed E-state index contributed by atoms with van der Waals surface area (Å²) in [6.45, 7) is 5.78. The monoisotopic (exact) mass is 475 g/mol. The normalized spacial score (nSPS) is 12.0. The number of aryl methyl sites for hydroxylation is 1. The summed E-state index contributed by atoms with van der Waals surface area (Å²) >= 11 is 0. The molecule has 180 valence electrons. The Morgan fingerprint density at radius 3 is 2.36 bits per heavy atom. The van der Waals surface area contributed by atoms with E-state index in [9.17, 15) is 18.0 Å². The van der Waals surface area contributed by atoms with Crippen LogP contribution < -0.4 is 14.4 Å². The fraction of sp³-hybridized carbons (Fsp3) is 0.417. The summed E-state index contributed by atoms with van der Waals surface area (Å²) in [5.41, 5.74) is 2.23. The molecular formula is C24H33N3O5S. The molecule has 2 amide bonds. The number of carbonyl (C=O) groups excluding carboxylic acids is 2. The predicted molar refractivity (Wildman–Crippen MR) is 130 cm³/mol. The minimum Gasteiger partial charge on any atom is -0.497 e. The summed E-state index contributed by atoms with van der Waals surface area (Å²) in [7, 11) is -2.30. The van der Waals surface area contributed by atoms with Crippen molar-refractivity contribution >= 4 is 27.5 Å². The van der Waals surface area contributed by atoms with Crippen LogP contribution in [0.3, 0.4) is 0 Å². The average molecular weight is 476 g/mol. The first-order valence-electron chi connectivity index (χ1n) is 10.8. The van der Waals surface area contributed by atoms with E-state index >= 15 is 0 Å². The van der Waals surface area contributed by atoms with E-state index in [1.807, 2.05) is 38.1 Å². The summed E-state index contributed by atoms with van der Waals surface area (Å²) in [5.74, 6) is -0.301. The highest BCUT2D eigenvalue weighted by Crippen LogP contribution is 2.23. The lowest BCUT2D eigenvalue weighted by Crippen LogP contribution is -2.51. The first-order chi connectivity index (χ1) is 15.6. The fourth-order valence-electron chi connectivity index (χ4n) is 3.25. The van der Waals surface area contributed by atoms with Gasteiger partial charge in [0.05, 0.1) is 19.1 Å². The highest BCUT2D eigenvalue weighted by atomic mass is 32.2. The third-order valence-electron chi connectivity index (χ3n) is 5.21. The molecular weight excluding hydrogens is 442 g/mol. The summed E-state index contributed by atoms with van der Waals surface area (Å²) in [6.07, 6.45) is 1.81. The number of amides is 2. The van der Waals surface area contributed by atoms with Crippen molar-refractivity contribution in [2.75, 3.05) is 30.8 Å². The van der Waals surface area contributed by atoms with Crippen molar-refractivity contribution in [3.05, 3.63) is 59.7 Å². The molecule has 0 saturated heterocycles. The van der Waals surface area contributed by atoms with E-state index in [1.165, 1.54) is 12.0 Å². The Labute approximate surface area is 196 Å². The zero-order valence-electron chi connectivity index (χ0n) is 19.9. The maximum atomic E-state index is 13.4. The number of benzene rings is 2. The number of rotatable bonds is 11. The Hall–Kier alpha value is -3.07. The molecule has 0 fully saturated rings. The molecule has 0 aromatic heterocycles. The highest BCUT2D eigenvalue weighted by Gasteiger charge is 2.30. The van der Waals surface area contributed by atoms with Gasteiger partial charge in [0, 0.05) is 19.2 Å². The van der Waals surface area contributed by atoms with Crippen molar-refractivity contribution < 1.29 is 22.7 Å². The van der Waals surface area contributed by atoms with Gasteiger partial charge in [0.1, 0.15) is 18.3 Å². The van der Waals surface area contributed by atoms with E-state index in [-0.39, 0.29) is 12.5 Å². The molecule has 0 aliphatic rings. The summed E-state index contributed by atoms with van der Waals surface area (Å²) < 4.78 is 31.4. The molecule has 0 spiro atoms. The molecule has 2 aromatic carbocycles. The van der Waals surface area contributed by atoms with Crippen molar-refractivity contribution in [3.63, 3.8) is 0 Å². The van der Waals surface area contributed by atoms with Crippen molar-refractivity contribution in [1.29, 1.82) is 0 Å². The van der Waals surface area contributed by atoms with E-state index in [2.05, 4.69) is 5.32 Å². The topological polar surface area (TPSA) is 96.0 Å². The van der Waals surface area contributed by atoms with Gasteiger partial charge in [-0.15, -0.1) is 0 Å². The van der Waals surface area contributed by atoms with E-state index in [0.717, 1.165) is 28.1 Å². The Bertz CT molecular complexity index is 1050. The highest BCUT2D eigenvalue weighted by molar-refractivity contribution is 7.92. The molecule has 0 saturated carbocycles. The Balaban J connectivity index is 2.37. The summed E-state index contributed by atoms with van der Waals surface area (Å²) in [4.78, 5) is 27.5. The maximum Gasteiger partial charge on any atom is 0.244 e. The Kier molecular flexibility index (Phi) is 9.28. The number of nitrogens with one attached hydrogen (secondary N) is 1. The molecule has 1 atom stereocenters. The fourth-order valence-corrected chi connectivity index (χ4v) is 4.09. The summed E-state index contributed by atoms with van der Waals surface area (Å²) in [6, 6.07) is 13.4. The van der Waals surface area contributed by atoms with Crippen LogP contribution in [0.5, 0.6) is 5.75 Å². The van der Waals surface area contributed by atoms with Gasteiger partial charge in [0.2, 0.25) is 21.8 Å². The number of anilines is 1. The SMILES string of the molecule is CCCNC(=O)[C@@H](C)N(Cc1ccc(C)cc1)C(=O)CN(c1cccc(OC)c1)S(C)(=O)=O. The molecule has 2 rings (SSSR count). The second-order valence-electron chi connectivity index (χ2n) is 7.95. The summed E-state index contributed by atoms with van der Waals surface area (Å²) in [5, 5.41) is 2.81. The van der Waals surface area contributed by atoms with E-state index < -0.39 is 28.5 Å². The molecule has 0 bridgehead atoms. The molecule has 8 nitrogen and oxygen atoms in total. The third-order valence-corrected chi connectivity index (χ3v) is 6.35. The van der Waals surface area contributed by atoms with Crippen LogP contribution in [0.2, 0.25) is 0 Å². The molecule has 2 aromatic rings. The van der Waals surface area contributed by atoms with Crippen LogP contribution in [0, 0.1) is 6.92 Å². The van der Waals surface area contributed by atoms with Crippen LogP contribution in [0.4, 0.5) is 5.69 Å². The van der Waals surface area contributed by atoms with Crippen LogP contribution in [0.1, 0.15) is 31.4 Å². The lowest BCUT2D eigenvalue weighted by Gasteiger charge is -2.31. The molecule has 0 heterocycles. The van der Waals surface area contributed by atoms with Crippen LogP contribution in [0.25, 0.3) is 0 Å². The quantitative estimate of drug-likeness (QED) is 0.539.